The maximum Gasteiger partial charge on any atom is 0.193 e. The van der Waals surface area contributed by atoms with Crippen LogP contribution < -0.4 is 5.43 Å². The van der Waals surface area contributed by atoms with Crippen LogP contribution in [-0.4, -0.2) is 22.3 Å². The van der Waals surface area contributed by atoms with Crippen molar-refractivity contribution in [3.8, 4) is 0 Å². The Morgan fingerprint density at radius 1 is 1.33 bits per heavy atom. The predicted molar refractivity (Wildman–Crippen MR) is 92.2 cm³/mol. The van der Waals surface area contributed by atoms with Gasteiger partial charge in [-0.3, -0.25) is 4.79 Å². The molecule has 6 heteroatoms. The largest absolute Gasteiger partial charge is 0.460 e. The third-order valence-electron chi connectivity index (χ3n) is 3.44. The number of hydrogen-bond donors (Lipinski definition) is 0. The Bertz CT molecular complexity index is 738. The Hall–Kier alpha value is -1.04. The minimum Gasteiger partial charge on any atom is -0.460 e. The van der Waals surface area contributed by atoms with Crippen LogP contribution in [0.5, 0.6) is 0 Å². The van der Waals surface area contributed by atoms with Crippen molar-refractivity contribution in [1.82, 2.24) is 4.90 Å². The van der Waals surface area contributed by atoms with Crippen LogP contribution in [0, 0.1) is 0 Å². The predicted octanol–water partition coefficient (Wildman–Crippen LogP) is 4.06. The fraction of sp³-hybridized carbons (Fsp3) is 0.333. The van der Waals surface area contributed by atoms with Crippen LogP contribution in [-0.2, 0) is 5.75 Å². The topological polar surface area (TPSA) is 33.5 Å². The average Bonchev–Trinajstić information content (AvgIpc) is 3.00. The minimum atomic E-state index is -0.0681. The van der Waals surface area contributed by atoms with E-state index in [-0.39, 0.29) is 5.43 Å². The lowest BCUT2D eigenvalue weighted by molar-refractivity contribution is 0.538. The highest BCUT2D eigenvalue weighted by molar-refractivity contribution is 8.22. The van der Waals surface area contributed by atoms with E-state index in [0.29, 0.717) is 27.5 Å². The van der Waals surface area contributed by atoms with E-state index in [4.69, 9.17) is 28.2 Å². The van der Waals surface area contributed by atoms with Crippen LogP contribution in [0.4, 0.5) is 0 Å². The first-order valence-electron chi connectivity index (χ1n) is 6.77. The van der Waals surface area contributed by atoms with Crippen molar-refractivity contribution in [3.05, 3.63) is 45.3 Å². The van der Waals surface area contributed by atoms with Crippen molar-refractivity contribution in [3.63, 3.8) is 0 Å². The van der Waals surface area contributed by atoms with Crippen molar-refractivity contribution in [2.24, 2.45) is 0 Å². The number of fused-ring (bicyclic) bond motifs is 1. The number of nitrogens with zero attached hydrogens (tertiary/aromatic N) is 1. The first-order chi connectivity index (χ1) is 10.1. The summed E-state index contributed by atoms with van der Waals surface area (Å²) in [5.41, 5.74) is 0.496. The van der Waals surface area contributed by atoms with E-state index in [9.17, 15) is 4.79 Å². The summed E-state index contributed by atoms with van der Waals surface area (Å²) < 4.78 is 6.63. The molecule has 0 unspecified atom stereocenters. The Morgan fingerprint density at radius 2 is 2.10 bits per heavy atom. The van der Waals surface area contributed by atoms with Gasteiger partial charge in [0.15, 0.2) is 5.43 Å². The zero-order valence-corrected chi connectivity index (χ0v) is 13.7. The molecule has 0 bridgehead atoms. The van der Waals surface area contributed by atoms with Crippen molar-refractivity contribution in [2.45, 2.75) is 18.6 Å². The third-order valence-corrected chi connectivity index (χ3v) is 5.22. The summed E-state index contributed by atoms with van der Waals surface area (Å²) in [7, 11) is 0. The molecule has 0 aliphatic carbocycles. The van der Waals surface area contributed by atoms with Crippen LogP contribution in [0.3, 0.4) is 0 Å². The first kappa shape index (κ1) is 14.9. The van der Waals surface area contributed by atoms with Gasteiger partial charge in [-0.1, -0.05) is 35.6 Å². The summed E-state index contributed by atoms with van der Waals surface area (Å²) in [6, 6.07) is 6.61. The normalized spacial score (nSPS) is 14.8. The number of halogens is 1. The van der Waals surface area contributed by atoms with E-state index in [1.807, 2.05) is 0 Å². The average molecular weight is 340 g/mol. The summed E-state index contributed by atoms with van der Waals surface area (Å²) >= 11 is 12.9. The Morgan fingerprint density at radius 3 is 2.86 bits per heavy atom. The molecule has 1 fully saturated rings. The molecular weight excluding hydrogens is 326 g/mol. The van der Waals surface area contributed by atoms with Crippen LogP contribution >= 0.6 is 35.6 Å². The molecule has 1 saturated heterocycles. The summed E-state index contributed by atoms with van der Waals surface area (Å²) in [5, 5.41) is 1.05. The molecule has 0 spiro atoms. The number of rotatable bonds is 2. The van der Waals surface area contributed by atoms with Gasteiger partial charge in [-0.2, -0.15) is 0 Å². The van der Waals surface area contributed by atoms with Crippen molar-refractivity contribution in [1.29, 1.82) is 0 Å². The molecule has 0 atom stereocenters. The zero-order valence-electron chi connectivity index (χ0n) is 11.3. The molecule has 2 heterocycles. The molecule has 21 heavy (non-hydrogen) atoms. The van der Waals surface area contributed by atoms with Crippen LogP contribution in [0.1, 0.15) is 18.6 Å². The summed E-state index contributed by atoms with van der Waals surface area (Å²) in [4.78, 5) is 14.3. The lowest BCUT2D eigenvalue weighted by Gasteiger charge is -2.17. The van der Waals surface area contributed by atoms with Gasteiger partial charge in [0.2, 0.25) is 0 Å². The molecule has 0 amide bonds. The Balaban J connectivity index is 1.76. The van der Waals surface area contributed by atoms with Gasteiger partial charge >= 0.3 is 0 Å². The smallest absolute Gasteiger partial charge is 0.193 e. The molecule has 2 aromatic rings. The molecule has 1 aromatic heterocycles. The van der Waals surface area contributed by atoms with Crippen LogP contribution in [0.15, 0.2) is 33.5 Å². The van der Waals surface area contributed by atoms with Gasteiger partial charge < -0.3 is 9.32 Å². The SMILES string of the molecule is O=c1cc(CSC(=S)N2CCCC2)oc2ccc(Cl)cc12. The molecule has 3 nitrogen and oxygen atoms in total. The summed E-state index contributed by atoms with van der Waals surface area (Å²) in [5.74, 6) is 1.21. The van der Waals surface area contributed by atoms with Gasteiger partial charge in [-0.25, -0.2) is 0 Å². The number of thiocarbonyl (C=S) groups is 1. The van der Waals surface area contributed by atoms with E-state index in [1.165, 1.54) is 18.9 Å². The Labute approximate surface area is 137 Å². The van der Waals surface area contributed by atoms with E-state index in [0.717, 1.165) is 17.4 Å². The fourth-order valence-electron chi connectivity index (χ4n) is 2.37. The molecule has 0 radical (unpaired) electrons. The first-order valence-corrected chi connectivity index (χ1v) is 8.55. The van der Waals surface area contributed by atoms with Crippen LogP contribution in [0.2, 0.25) is 5.02 Å². The molecular formula is C15H14ClNO2S2. The van der Waals surface area contributed by atoms with Gasteiger partial charge in [0.1, 0.15) is 15.7 Å². The van der Waals surface area contributed by atoms with E-state index in [2.05, 4.69) is 4.90 Å². The molecule has 1 aliphatic rings. The second-order valence-corrected chi connectivity index (χ2v) is 7.01. The highest BCUT2D eigenvalue weighted by Gasteiger charge is 2.15. The van der Waals surface area contributed by atoms with Crippen LogP contribution in [0.25, 0.3) is 11.0 Å². The Kier molecular flexibility index (Phi) is 4.52. The molecule has 0 saturated carbocycles. The maximum atomic E-state index is 12.1. The van der Waals surface area contributed by atoms with Gasteiger partial charge in [-0.15, -0.1) is 0 Å². The lowest BCUT2D eigenvalue weighted by atomic mass is 10.2. The second kappa shape index (κ2) is 6.38. The number of hydrogen-bond acceptors (Lipinski definition) is 4. The number of benzene rings is 1. The van der Waals surface area contributed by atoms with Gasteiger partial charge in [0.05, 0.1) is 11.1 Å². The lowest BCUT2D eigenvalue weighted by Crippen LogP contribution is -2.23. The summed E-state index contributed by atoms with van der Waals surface area (Å²) in [6.45, 7) is 2.07. The van der Waals surface area contributed by atoms with Gasteiger partial charge in [0, 0.05) is 24.2 Å². The fourth-order valence-corrected chi connectivity index (χ4v) is 3.68. The van der Waals surface area contributed by atoms with Gasteiger partial charge in [0.25, 0.3) is 0 Å². The molecule has 1 aromatic carbocycles. The minimum absolute atomic E-state index is 0.0681. The molecule has 1 aliphatic heterocycles. The standard InChI is InChI=1S/C15H14ClNO2S2/c16-10-3-4-14-12(7-10)13(18)8-11(19-14)9-21-15(20)17-5-1-2-6-17/h3-4,7-8H,1-2,5-6,9H2. The second-order valence-electron chi connectivity index (χ2n) is 4.97. The van der Waals surface area contributed by atoms with Gasteiger partial charge in [-0.05, 0) is 31.0 Å². The molecule has 0 N–H and O–H groups in total. The highest BCUT2D eigenvalue weighted by atomic mass is 35.5. The number of likely N-dealkylation sites (tertiary alicyclic amines) is 1. The zero-order chi connectivity index (χ0) is 14.8. The van der Waals surface area contributed by atoms with Crippen molar-refractivity contribution in [2.75, 3.05) is 13.1 Å². The molecule has 110 valence electrons. The van der Waals surface area contributed by atoms with E-state index in [1.54, 1.807) is 30.0 Å². The van der Waals surface area contributed by atoms with E-state index >= 15 is 0 Å². The maximum absolute atomic E-state index is 12.1. The third kappa shape index (κ3) is 3.42. The molecule has 3 rings (SSSR count). The van der Waals surface area contributed by atoms with Crippen molar-refractivity contribution >= 4 is 50.9 Å². The van der Waals surface area contributed by atoms with E-state index < -0.39 is 0 Å². The highest BCUT2D eigenvalue weighted by Crippen LogP contribution is 2.22. The quantitative estimate of drug-likeness (QED) is 0.771. The van der Waals surface area contributed by atoms with Crippen molar-refractivity contribution < 1.29 is 4.42 Å². The summed E-state index contributed by atoms with van der Waals surface area (Å²) in [6.07, 6.45) is 2.40. The number of thioether (sulfide) groups is 1. The monoisotopic (exact) mass is 339 g/mol.